The molecule has 150 valence electrons. The van der Waals surface area contributed by atoms with Crippen LogP contribution >= 0.6 is 0 Å². The van der Waals surface area contributed by atoms with E-state index in [0.29, 0.717) is 11.6 Å². The molecule has 0 aliphatic carbocycles. The molecule has 1 fully saturated rings. The fraction of sp³-hybridized carbons (Fsp3) is 0.304. The van der Waals surface area contributed by atoms with Gasteiger partial charge in [0.1, 0.15) is 12.2 Å². The molecule has 1 aliphatic rings. The number of hydrogen-bond donors (Lipinski definition) is 1. The van der Waals surface area contributed by atoms with Crippen molar-refractivity contribution in [2.24, 2.45) is 0 Å². The molecule has 1 aromatic heterocycles. The van der Waals surface area contributed by atoms with Gasteiger partial charge in [0, 0.05) is 11.1 Å². The SMILES string of the molecule is Cc1ccc(-c2cc(C(F)F)nc(N3CC[NH+](Cc4ccccc4)CC3)n2)cc1. The van der Waals surface area contributed by atoms with Gasteiger partial charge in [0.15, 0.2) is 0 Å². The number of alkyl halides is 2. The van der Waals surface area contributed by atoms with E-state index < -0.39 is 6.43 Å². The summed E-state index contributed by atoms with van der Waals surface area (Å²) in [4.78, 5) is 12.3. The average Bonchev–Trinajstić information content (AvgIpc) is 2.75. The topological polar surface area (TPSA) is 33.5 Å². The maximum absolute atomic E-state index is 13.5. The van der Waals surface area contributed by atoms with Crippen LogP contribution < -0.4 is 9.80 Å². The predicted octanol–water partition coefficient (Wildman–Crippen LogP) is 3.29. The maximum Gasteiger partial charge on any atom is 0.280 e. The van der Waals surface area contributed by atoms with E-state index in [1.165, 1.54) is 16.5 Å². The Balaban J connectivity index is 1.51. The third-order valence-electron chi connectivity index (χ3n) is 5.36. The quantitative estimate of drug-likeness (QED) is 0.720. The number of benzene rings is 2. The lowest BCUT2D eigenvalue weighted by Gasteiger charge is -2.32. The second-order valence-electron chi connectivity index (χ2n) is 7.54. The van der Waals surface area contributed by atoms with Gasteiger partial charge >= 0.3 is 0 Å². The molecule has 0 spiro atoms. The monoisotopic (exact) mass is 395 g/mol. The van der Waals surface area contributed by atoms with Crippen molar-refractivity contribution in [3.63, 3.8) is 0 Å². The fourth-order valence-corrected chi connectivity index (χ4v) is 3.66. The van der Waals surface area contributed by atoms with Gasteiger partial charge in [-0.3, -0.25) is 0 Å². The molecule has 0 unspecified atom stereocenters. The van der Waals surface area contributed by atoms with Crippen LogP contribution in [0, 0.1) is 6.92 Å². The van der Waals surface area contributed by atoms with Crippen molar-refractivity contribution in [3.8, 4) is 11.3 Å². The van der Waals surface area contributed by atoms with Crippen molar-refractivity contribution in [3.05, 3.63) is 77.5 Å². The third kappa shape index (κ3) is 4.77. The van der Waals surface area contributed by atoms with Crippen LogP contribution in [0.25, 0.3) is 11.3 Å². The first-order chi connectivity index (χ1) is 14.1. The molecular formula is C23H25F2N4+. The van der Waals surface area contributed by atoms with E-state index in [2.05, 4.69) is 34.2 Å². The van der Waals surface area contributed by atoms with Gasteiger partial charge in [-0.1, -0.05) is 60.2 Å². The van der Waals surface area contributed by atoms with Gasteiger partial charge < -0.3 is 9.80 Å². The molecule has 6 heteroatoms. The Morgan fingerprint density at radius 2 is 1.66 bits per heavy atom. The number of aryl methyl sites for hydroxylation is 1. The highest BCUT2D eigenvalue weighted by atomic mass is 19.3. The van der Waals surface area contributed by atoms with Gasteiger partial charge in [0.05, 0.1) is 31.9 Å². The molecule has 0 bridgehead atoms. The second-order valence-corrected chi connectivity index (χ2v) is 7.54. The summed E-state index contributed by atoms with van der Waals surface area (Å²) in [6.07, 6.45) is -2.62. The number of aromatic nitrogens is 2. The molecular weight excluding hydrogens is 370 g/mol. The summed E-state index contributed by atoms with van der Waals surface area (Å²) in [6.45, 7) is 6.33. The maximum atomic E-state index is 13.5. The number of hydrogen-bond acceptors (Lipinski definition) is 3. The van der Waals surface area contributed by atoms with Crippen LogP contribution in [-0.2, 0) is 6.54 Å². The van der Waals surface area contributed by atoms with Crippen LogP contribution in [0.3, 0.4) is 0 Å². The second kappa shape index (κ2) is 8.66. The predicted molar refractivity (Wildman–Crippen MR) is 110 cm³/mol. The molecule has 0 radical (unpaired) electrons. The van der Waals surface area contributed by atoms with Crippen molar-refractivity contribution in [1.82, 2.24) is 9.97 Å². The zero-order valence-corrected chi connectivity index (χ0v) is 16.5. The van der Waals surface area contributed by atoms with Crippen LogP contribution in [0.5, 0.6) is 0 Å². The molecule has 3 aromatic rings. The number of nitrogens with zero attached hydrogens (tertiary/aromatic N) is 3. The molecule has 1 N–H and O–H groups in total. The first-order valence-electron chi connectivity index (χ1n) is 9.95. The Kier molecular flexibility index (Phi) is 5.81. The Labute approximate surface area is 169 Å². The van der Waals surface area contributed by atoms with E-state index in [-0.39, 0.29) is 5.69 Å². The minimum atomic E-state index is -2.62. The zero-order chi connectivity index (χ0) is 20.2. The minimum Gasteiger partial charge on any atom is -0.330 e. The number of nitrogens with one attached hydrogen (secondary N) is 1. The molecule has 0 atom stereocenters. The highest BCUT2D eigenvalue weighted by Gasteiger charge is 2.24. The molecule has 2 heterocycles. The third-order valence-corrected chi connectivity index (χ3v) is 5.36. The zero-order valence-electron chi connectivity index (χ0n) is 16.5. The summed E-state index contributed by atoms with van der Waals surface area (Å²) in [7, 11) is 0. The Morgan fingerprint density at radius 3 is 2.31 bits per heavy atom. The Hall–Kier alpha value is -2.86. The van der Waals surface area contributed by atoms with E-state index >= 15 is 0 Å². The van der Waals surface area contributed by atoms with Crippen molar-refractivity contribution >= 4 is 5.95 Å². The van der Waals surface area contributed by atoms with Crippen LogP contribution in [0.2, 0.25) is 0 Å². The summed E-state index contributed by atoms with van der Waals surface area (Å²) in [6, 6.07) is 19.6. The summed E-state index contributed by atoms with van der Waals surface area (Å²) < 4.78 is 26.9. The number of halogens is 2. The Morgan fingerprint density at radius 1 is 0.966 bits per heavy atom. The summed E-state index contributed by atoms with van der Waals surface area (Å²) in [5, 5.41) is 0. The van der Waals surface area contributed by atoms with E-state index in [1.807, 2.05) is 42.2 Å². The molecule has 4 nitrogen and oxygen atoms in total. The van der Waals surface area contributed by atoms with E-state index in [9.17, 15) is 8.78 Å². The van der Waals surface area contributed by atoms with Crippen molar-refractivity contribution in [2.75, 3.05) is 31.1 Å². The Bertz CT molecular complexity index is 937. The summed E-state index contributed by atoms with van der Waals surface area (Å²) in [5.74, 6) is 0.400. The molecule has 0 saturated carbocycles. The molecule has 1 saturated heterocycles. The first-order valence-corrected chi connectivity index (χ1v) is 9.95. The first kappa shape index (κ1) is 19.5. The van der Waals surface area contributed by atoms with Crippen LogP contribution in [0.4, 0.5) is 14.7 Å². The van der Waals surface area contributed by atoms with Gasteiger partial charge in [-0.25, -0.2) is 18.7 Å². The van der Waals surface area contributed by atoms with E-state index in [4.69, 9.17) is 0 Å². The lowest BCUT2D eigenvalue weighted by atomic mass is 10.1. The van der Waals surface area contributed by atoms with Gasteiger partial charge in [-0.2, -0.15) is 0 Å². The number of rotatable bonds is 5. The lowest BCUT2D eigenvalue weighted by Crippen LogP contribution is -3.13. The van der Waals surface area contributed by atoms with Crippen LogP contribution in [0.1, 0.15) is 23.2 Å². The fourth-order valence-electron chi connectivity index (χ4n) is 3.66. The summed E-state index contributed by atoms with van der Waals surface area (Å²) >= 11 is 0. The van der Waals surface area contributed by atoms with Crippen molar-refractivity contribution in [1.29, 1.82) is 0 Å². The molecule has 0 amide bonds. The van der Waals surface area contributed by atoms with Gasteiger partial charge in [0.25, 0.3) is 6.43 Å². The lowest BCUT2D eigenvalue weighted by molar-refractivity contribution is -0.914. The van der Waals surface area contributed by atoms with Gasteiger partial charge in [0.2, 0.25) is 5.95 Å². The van der Waals surface area contributed by atoms with Gasteiger partial charge in [-0.05, 0) is 13.0 Å². The average molecular weight is 395 g/mol. The van der Waals surface area contributed by atoms with Crippen molar-refractivity contribution in [2.45, 2.75) is 19.9 Å². The normalized spacial score (nSPS) is 15.1. The smallest absolute Gasteiger partial charge is 0.280 e. The van der Waals surface area contributed by atoms with Crippen LogP contribution in [-0.4, -0.2) is 36.1 Å². The minimum absolute atomic E-state index is 0.218. The largest absolute Gasteiger partial charge is 0.330 e. The molecule has 1 aliphatic heterocycles. The summed E-state index contributed by atoms with van der Waals surface area (Å²) in [5.41, 5.74) is 3.59. The van der Waals surface area contributed by atoms with Crippen molar-refractivity contribution < 1.29 is 13.7 Å². The standard InChI is InChI=1S/C23H24F2N4/c1-17-7-9-19(10-8-17)20-15-21(22(24)25)27-23(26-20)29-13-11-28(12-14-29)16-18-5-3-2-4-6-18/h2-10,15,22H,11-14,16H2,1H3/p+1. The molecule has 29 heavy (non-hydrogen) atoms. The molecule has 4 rings (SSSR count). The number of quaternary nitrogens is 1. The number of piperazine rings is 1. The highest BCUT2D eigenvalue weighted by Crippen LogP contribution is 2.26. The van der Waals surface area contributed by atoms with Gasteiger partial charge in [-0.15, -0.1) is 0 Å². The van der Waals surface area contributed by atoms with Crippen LogP contribution in [0.15, 0.2) is 60.7 Å². The van der Waals surface area contributed by atoms with E-state index in [1.54, 1.807) is 0 Å². The number of anilines is 1. The molecule has 2 aromatic carbocycles. The highest BCUT2D eigenvalue weighted by molar-refractivity contribution is 5.61. The van der Waals surface area contributed by atoms with E-state index in [0.717, 1.165) is 43.9 Å².